The topological polar surface area (TPSA) is 75.8 Å². The van der Waals surface area contributed by atoms with E-state index >= 15 is 0 Å². The maximum atomic E-state index is 12.4. The van der Waals surface area contributed by atoms with Crippen LogP contribution in [0.5, 0.6) is 0 Å². The molecular formula is C14H22N2O4. The second-order valence-corrected chi connectivity index (χ2v) is 5.29. The number of nitrogens with zero attached hydrogens (tertiary/aromatic N) is 2. The molecule has 0 aliphatic heterocycles. The van der Waals surface area contributed by atoms with Gasteiger partial charge in [0.1, 0.15) is 11.9 Å². The Balaban J connectivity index is 2.16. The van der Waals surface area contributed by atoms with E-state index in [9.17, 15) is 9.90 Å². The molecule has 0 radical (unpaired) electrons. The molecule has 112 valence electrons. The summed E-state index contributed by atoms with van der Waals surface area (Å²) < 4.78 is 10.4. The van der Waals surface area contributed by atoms with Crippen LogP contribution in [-0.4, -0.2) is 53.3 Å². The molecule has 1 saturated carbocycles. The van der Waals surface area contributed by atoms with E-state index in [0.29, 0.717) is 11.5 Å². The van der Waals surface area contributed by atoms with Gasteiger partial charge in [0.05, 0.1) is 12.1 Å². The second-order valence-electron chi connectivity index (χ2n) is 5.29. The number of rotatable bonds is 3. The van der Waals surface area contributed by atoms with E-state index in [1.54, 1.807) is 26.0 Å². The monoisotopic (exact) mass is 282 g/mol. The summed E-state index contributed by atoms with van der Waals surface area (Å²) in [6.45, 7) is 1.70. The third-order valence-electron chi connectivity index (χ3n) is 4.08. The van der Waals surface area contributed by atoms with Crippen LogP contribution < -0.4 is 0 Å². The van der Waals surface area contributed by atoms with Gasteiger partial charge in [-0.1, -0.05) is 12.8 Å². The van der Waals surface area contributed by atoms with Crippen molar-refractivity contribution in [2.75, 3.05) is 14.2 Å². The van der Waals surface area contributed by atoms with Crippen molar-refractivity contribution in [1.82, 2.24) is 9.88 Å². The molecule has 6 nitrogen and oxygen atoms in total. The highest BCUT2D eigenvalue weighted by molar-refractivity contribution is 5.93. The van der Waals surface area contributed by atoms with E-state index in [4.69, 9.17) is 9.15 Å². The normalized spacial score (nSPS) is 27.1. The molecule has 1 N–H and O–H groups in total. The van der Waals surface area contributed by atoms with Crippen LogP contribution >= 0.6 is 0 Å². The molecule has 1 fully saturated rings. The van der Waals surface area contributed by atoms with Gasteiger partial charge in [-0.15, -0.1) is 0 Å². The average molecular weight is 282 g/mol. The molecule has 1 heterocycles. The lowest BCUT2D eigenvalue weighted by Crippen LogP contribution is -2.49. The Morgan fingerprint density at radius 3 is 2.80 bits per heavy atom. The SMILES string of the molecule is CO[C@@H]1CCCC[C@@H](N(C)C(=O)c2ncoc2C)[C@H]1O. The number of methoxy groups -OCH3 is 1. The van der Waals surface area contributed by atoms with E-state index in [0.717, 1.165) is 25.7 Å². The zero-order valence-electron chi connectivity index (χ0n) is 12.2. The van der Waals surface area contributed by atoms with Crippen molar-refractivity contribution in [3.05, 3.63) is 17.8 Å². The van der Waals surface area contributed by atoms with Crippen LogP contribution in [0.2, 0.25) is 0 Å². The minimum Gasteiger partial charge on any atom is -0.448 e. The molecule has 1 aromatic rings. The van der Waals surface area contributed by atoms with Crippen molar-refractivity contribution in [3.8, 4) is 0 Å². The Hall–Kier alpha value is -1.40. The van der Waals surface area contributed by atoms with Crippen LogP contribution in [0.1, 0.15) is 41.9 Å². The predicted octanol–water partition coefficient (Wildman–Crippen LogP) is 1.37. The Labute approximate surface area is 118 Å². The number of carbonyl (C=O) groups is 1. The van der Waals surface area contributed by atoms with Gasteiger partial charge in [0.2, 0.25) is 0 Å². The molecule has 20 heavy (non-hydrogen) atoms. The summed E-state index contributed by atoms with van der Waals surface area (Å²) in [5.41, 5.74) is 0.304. The predicted molar refractivity (Wildman–Crippen MR) is 72.4 cm³/mol. The van der Waals surface area contributed by atoms with Crippen LogP contribution in [0.25, 0.3) is 0 Å². The minimum atomic E-state index is -0.677. The number of oxazole rings is 1. The molecule has 3 atom stereocenters. The molecule has 0 aromatic carbocycles. The van der Waals surface area contributed by atoms with Gasteiger partial charge in [-0.25, -0.2) is 4.98 Å². The van der Waals surface area contributed by atoms with Gasteiger partial charge < -0.3 is 19.2 Å². The summed E-state index contributed by atoms with van der Waals surface area (Å²) in [4.78, 5) is 17.9. The van der Waals surface area contributed by atoms with Crippen LogP contribution in [0.15, 0.2) is 10.8 Å². The van der Waals surface area contributed by atoms with Gasteiger partial charge in [-0.2, -0.15) is 0 Å². The zero-order valence-corrected chi connectivity index (χ0v) is 12.2. The van der Waals surface area contributed by atoms with Crippen molar-refractivity contribution < 1.29 is 19.1 Å². The quantitative estimate of drug-likeness (QED) is 0.847. The van der Waals surface area contributed by atoms with Crippen LogP contribution in [-0.2, 0) is 4.74 Å². The van der Waals surface area contributed by atoms with Crippen LogP contribution in [0, 0.1) is 6.92 Å². The van der Waals surface area contributed by atoms with E-state index < -0.39 is 6.10 Å². The van der Waals surface area contributed by atoms with Crippen LogP contribution in [0.4, 0.5) is 0 Å². The number of aliphatic hydroxyl groups is 1. The van der Waals surface area contributed by atoms with Gasteiger partial charge >= 0.3 is 0 Å². The number of hydrogen-bond donors (Lipinski definition) is 1. The minimum absolute atomic E-state index is 0.225. The lowest BCUT2D eigenvalue weighted by molar-refractivity contribution is -0.0463. The first kappa shape index (κ1) is 15.0. The first-order valence-electron chi connectivity index (χ1n) is 6.94. The van der Waals surface area contributed by atoms with Crippen LogP contribution in [0.3, 0.4) is 0 Å². The highest BCUT2D eigenvalue weighted by atomic mass is 16.5. The summed E-state index contributed by atoms with van der Waals surface area (Å²) in [5, 5.41) is 10.4. The van der Waals surface area contributed by atoms with Gasteiger partial charge in [-0.3, -0.25) is 4.79 Å². The Bertz CT molecular complexity index is 460. The standard InChI is InChI=1S/C14H22N2O4/c1-9-12(15-8-20-9)14(18)16(2)10-6-4-5-7-11(19-3)13(10)17/h8,10-11,13,17H,4-7H2,1-3H3/t10-,11-,13-/m1/s1. The van der Waals surface area contributed by atoms with Crippen molar-refractivity contribution in [1.29, 1.82) is 0 Å². The molecule has 0 saturated heterocycles. The van der Waals surface area contributed by atoms with Gasteiger partial charge in [0.25, 0.3) is 5.91 Å². The van der Waals surface area contributed by atoms with E-state index in [1.807, 2.05) is 0 Å². The molecule has 1 aromatic heterocycles. The number of aryl methyl sites for hydroxylation is 1. The third-order valence-corrected chi connectivity index (χ3v) is 4.08. The van der Waals surface area contributed by atoms with Gasteiger partial charge in [-0.05, 0) is 19.8 Å². The summed E-state index contributed by atoms with van der Waals surface area (Å²) in [5.74, 6) is 0.269. The van der Waals surface area contributed by atoms with Crippen molar-refractivity contribution >= 4 is 5.91 Å². The summed E-state index contributed by atoms with van der Waals surface area (Å²) >= 11 is 0. The Kier molecular flexibility index (Phi) is 4.77. The van der Waals surface area contributed by atoms with E-state index in [2.05, 4.69) is 4.98 Å². The van der Waals surface area contributed by atoms with Crippen molar-refractivity contribution in [2.24, 2.45) is 0 Å². The van der Waals surface area contributed by atoms with E-state index in [1.165, 1.54) is 6.39 Å². The number of aliphatic hydroxyl groups excluding tert-OH is 1. The number of amides is 1. The highest BCUT2D eigenvalue weighted by Crippen LogP contribution is 2.25. The fraction of sp³-hybridized carbons (Fsp3) is 0.714. The van der Waals surface area contributed by atoms with E-state index in [-0.39, 0.29) is 18.1 Å². The fourth-order valence-corrected chi connectivity index (χ4v) is 2.80. The van der Waals surface area contributed by atoms with Gasteiger partial charge in [0.15, 0.2) is 12.1 Å². The number of carbonyl (C=O) groups excluding carboxylic acids is 1. The number of aromatic nitrogens is 1. The number of hydrogen-bond acceptors (Lipinski definition) is 5. The van der Waals surface area contributed by atoms with Crippen molar-refractivity contribution in [2.45, 2.75) is 50.9 Å². The molecule has 6 heteroatoms. The molecule has 1 aliphatic rings. The molecule has 2 rings (SSSR count). The van der Waals surface area contributed by atoms with Crippen molar-refractivity contribution in [3.63, 3.8) is 0 Å². The number of ether oxygens (including phenoxy) is 1. The van der Waals surface area contributed by atoms with Gasteiger partial charge in [0, 0.05) is 14.2 Å². The summed E-state index contributed by atoms with van der Waals surface area (Å²) in [6, 6.07) is -0.258. The average Bonchev–Trinajstić information content (AvgIpc) is 2.77. The molecule has 1 aliphatic carbocycles. The first-order valence-corrected chi connectivity index (χ1v) is 6.94. The maximum absolute atomic E-state index is 12.4. The zero-order chi connectivity index (χ0) is 14.7. The molecular weight excluding hydrogens is 260 g/mol. The Morgan fingerprint density at radius 2 is 2.20 bits per heavy atom. The number of likely N-dealkylation sites (N-methyl/N-ethyl adjacent to an activating group) is 1. The summed E-state index contributed by atoms with van der Waals surface area (Å²) in [6.07, 6.45) is 3.91. The lowest BCUT2D eigenvalue weighted by Gasteiger charge is -2.33. The first-order chi connectivity index (χ1) is 9.56. The highest BCUT2D eigenvalue weighted by Gasteiger charge is 2.35. The fourth-order valence-electron chi connectivity index (χ4n) is 2.80. The largest absolute Gasteiger partial charge is 0.448 e. The molecule has 0 spiro atoms. The molecule has 0 unspecified atom stereocenters. The summed E-state index contributed by atoms with van der Waals surface area (Å²) in [7, 11) is 3.29. The smallest absolute Gasteiger partial charge is 0.276 e. The third kappa shape index (κ3) is 2.86. The second kappa shape index (κ2) is 6.37. The maximum Gasteiger partial charge on any atom is 0.276 e. The lowest BCUT2D eigenvalue weighted by atomic mass is 10.0. The molecule has 0 bridgehead atoms. The molecule has 1 amide bonds. The Morgan fingerprint density at radius 1 is 1.50 bits per heavy atom.